The van der Waals surface area contributed by atoms with Gasteiger partial charge in [0.05, 0.1) is 5.56 Å². The molecule has 3 amide bonds. The van der Waals surface area contributed by atoms with E-state index >= 15 is 0 Å². The van der Waals surface area contributed by atoms with Crippen molar-refractivity contribution in [1.29, 1.82) is 0 Å². The maximum atomic E-state index is 12.2. The van der Waals surface area contributed by atoms with Gasteiger partial charge in [-0.1, -0.05) is 18.2 Å². The SMILES string of the molecule is Cn1cc(C(=O)OCC(=O)NC(=O)NC(C)(C)C)c2ccccc21. The van der Waals surface area contributed by atoms with Crippen LogP contribution in [0.25, 0.3) is 10.9 Å². The number of aryl methyl sites for hydroxylation is 1. The van der Waals surface area contributed by atoms with Gasteiger partial charge < -0.3 is 14.6 Å². The van der Waals surface area contributed by atoms with Crippen LogP contribution in [0.15, 0.2) is 30.5 Å². The van der Waals surface area contributed by atoms with Crippen molar-refractivity contribution in [1.82, 2.24) is 15.2 Å². The lowest BCUT2D eigenvalue weighted by molar-refractivity contribution is -0.123. The summed E-state index contributed by atoms with van der Waals surface area (Å²) in [5.74, 6) is -1.30. The van der Waals surface area contributed by atoms with Crippen molar-refractivity contribution in [3.05, 3.63) is 36.0 Å². The number of hydrogen-bond acceptors (Lipinski definition) is 4. The third kappa shape index (κ3) is 4.34. The van der Waals surface area contributed by atoms with Crippen LogP contribution < -0.4 is 10.6 Å². The van der Waals surface area contributed by atoms with Crippen LogP contribution in [0.4, 0.5) is 4.79 Å². The minimum atomic E-state index is -0.690. The first-order valence-electron chi connectivity index (χ1n) is 7.50. The Kier molecular flexibility index (Phi) is 4.92. The van der Waals surface area contributed by atoms with Gasteiger partial charge in [0.25, 0.3) is 5.91 Å². The first-order chi connectivity index (χ1) is 11.2. The molecule has 1 heterocycles. The zero-order valence-corrected chi connectivity index (χ0v) is 14.2. The van der Waals surface area contributed by atoms with E-state index in [1.54, 1.807) is 27.0 Å². The number of nitrogens with zero attached hydrogens (tertiary/aromatic N) is 1. The molecule has 0 aliphatic rings. The lowest BCUT2D eigenvalue weighted by Crippen LogP contribution is -2.49. The van der Waals surface area contributed by atoms with E-state index in [1.165, 1.54) is 0 Å². The summed E-state index contributed by atoms with van der Waals surface area (Å²) in [4.78, 5) is 35.4. The number of carbonyl (C=O) groups excluding carboxylic acids is 3. The van der Waals surface area contributed by atoms with Crippen molar-refractivity contribution < 1.29 is 19.1 Å². The minimum Gasteiger partial charge on any atom is -0.452 e. The Morgan fingerprint density at radius 3 is 2.50 bits per heavy atom. The Balaban J connectivity index is 1.95. The number of urea groups is 1. The highest BCUT2D eigenvalue weighted by molar-refractivity contribution is 6.05. The van der Waals surface area contributed by atoms with Crippen LogP contribution in [0, 0.1) is 0 Å². The van der Waals surface area contributed by atoms with E-state index in [4.69, 9.17) is 4.74 Å². The zero-order chi connectivity index (χ0) is 17.9. The number of hydrogen-bond donors (Lipinski definition) is 2. The lowest BCUT2D eigenvalue weighted by atomic mass is 10.1. The van der Waals surface area contributed by atoms with Gasteiger partial charge in [-0.15, -0.1) is 0 Å². The lowest BCUT2D eigenvalue weighted by Gasteiger charge is -2.20. The summed E-state index contributed by atoms with van der Waals surface area (Å²) in [6, 6.07) is 6.76. The fourth-order valence-electron chi connectivity index (χ4n) is 2.25. The number of ether oxygens (including phenoxy) is 1. The average molecular weight is 331 g/mol. The van der Waals surface area contributed by atoms with Crippen LogP contribution in [-0.2, 0) is 16.6 Å². The summed E-state index contributed by atoms with van der Waals surface area (Å²) in [5.41, 5.74) is 0.794. The van der Waals surface area contributed by atoms with Gasteiger partial charge in [0.15, 0.2) is 6.61 Å². The maximum Gasteiger partial charge on any atom is 0.340 e. The molecule has 1 aromatic heterocycles. The molecule has 7 heteroatoms. The Hall–Kier alpha value is -2.83. The number of para-hydroxylation sites is 1. The summed E-state index contributed by atoms with van der Waals surface area (Å²) >= 11 is 0. The molecule has 0 atom stereocenters. The molecule has 0 aliphatic carbocycles. The number of carbonyl (C=O) groups is 3. The molecular weight excluding hydrogens is 310 g/mol. The molecule has 0 bridgehead atoms. The molecule has 0 spiro atoms. The molecule has 2 aromatic rings. The Morgan fingerprint density at radius 2 is 1.83 bits per heavy atom. The molecule has 0 aliphatic heterocycles. The predicted octanol–water partition coefficient (Wildman–Crippen LogP) is 1.96. The second-order valence-corrected chi connectivity index (χ2v) is 6.50. The number of fused-ring (bicyclic) bond motifs is 1. The summed E-state index contributed by atoms with van der Waals surface area (Å²) in [7, 11) is 1.82. The fraction of sp³-hybridized carbons (Fsp3) is 0.353. The van der Waals surface area contributed by atoms with Gasteiger partial charge in [0.1, 0.15) is 0 Å². The van der Waals surface area contributed by atoms with Crippen LogP contribution in [0.5, 0.6) is 0 Å². The highest BCUT2D eigenvalue weighted by Crippen LogP contribution is 2.20. The van der Waals surface area contributed by atoms with E-state index in [-0.39, 0.29) is 0 Å². The van der Waals surface area contributed by atoms with Crippen LogP contribution >= 0.6 is 0 Å². The normalized spacial score (nSPS) is 11.2. The van der Waals surface area contributed by atoms with Crippen LogP contribution in [0.1, 0.15) is 31.1 Å². The van der Waals surface area contributed by atoms with Crippen molar-refractivity contribution in [3.8, 4) is 0 Å². The minimum absolute atomic E-state index is 0.375. The van der Waals surface area contributed by atoms with E-state index in [2.05, 4.69) is 10.6 Å². The maximum absolute atomic E-state index is 12.2. The zero-order valence-electron chi connectivity index (χ0n) is 14.2. The van der Waals surface area contributed by atoms with Gasteiger partial charge in [-0.05, 0) is 26.8 Å². The fourth-order valence-corrected chi connectivity index (χ4v) is 2.25. The van der Waals surface area contributed by atoms with E-state index in [0.717, 1.165) is 10.9 Å². The van der Waals surface area contributed by atoms with Crippen molar-refractivity contribution in [3.63, 3.8) is 0 Å². The largest absolute Gasteiger partial charge is 0.452 e. The number of benzene rings is 1. The van der Waals surface area contributed by atoms with Crippen molar-refractivity contribution >= 4 is 28.8 Å². The van der Waals surface area contributed by atoms with Gasteiger partial charge >= 0.3 is 12.0 Å². The molecule has 128 valence electrons. The van der Waals surface area contributed by atoms with Crippen molar-refractivity contribution in [2.24, 2.45) is 7.05 Å². The number of rotatable bonds is 3. The molecule has 0 saturated carbocycles. The average Bonchev–Trinajstić information content (AvgIpc) is 2.80. The summed E-state index contributed by atoms with van der Waals surface area (Å²) in [6.45, 7) is 4.84. The summed E-state index contributed by atoms with van der Waals surface area (Å²) < 4.78 is 6.81. The Labute approximate surface area is 140 Å². The Bertz CT molecular complexity index is 787. The summed E-state index contributed by atoms with van der Waals surface area (Å²) in [5, 5.41) is 5.44. The first kappa shape index (κ1) is 17.5. The van der Waals surface area contributed by atoms with Crippen molar-refractivity contribution in [2.45, 2.75) is 26.3 Å². The highest BCUT2D eigenvalue weighted by atomic mass is 16.5. The number of nitrogens with one attached hydrogen (secondary N) is 2. The molecule has 2 N–H and O–H groups in total. The number of imide groups is 1. The van der Waals surface area contributed by atoms with Gasteiger partial charge in [0, 0.05) is 29.7 Å². The van der Waals surface area contributed by atoms with Crippen molar-refractivity contribution in [2.75, 3.05) is 6.61 Å². The van der Waals surface area contributed by atoms with E-state index in [0.29, 0.717) is 5.56 Å². The van der Waals surface area contributed by atoms with Crippen LogP contribution in [0.3, 0.4) is 0 Å². The molecule has 24 heavy (non-hydrogen) atoms. The molecule has 0 fully saturated rings. The third-order valence-corrected chi connectivity index (χ3v) is 3.19. The molecule has 2 rings (SSSR count). The number of amides is 3. The molecular formula is C17H21N3O4. The smallest absolute Gasteiger partial charge is 0.340 e. The molecule has 7 nitrogen and oxygen atoms in total. The molecule has 0 radical (unpaired) electrons. The van der Waals surface area contributed by atoms with Gasteiger partial charge in [-0.2, -0.15) is 0 Å². The molecule has 0 unspecified atom stereocenters. The van der Waals surface area contributed by atoms with Crippen LogP contribution in [-0.4, -0.2) is 34.6 Å². The van der Waals surface area contributed by atoms with E-state index < -0.39 is 30.1 Å². The topological polar surface area (TPSA) is 89.4 Å². The number of esters is 1. The Morgan fingerprint density at radius 1 is 1.17 bits per heavy atom. The number of aromatic nitrogens is 1. The second-order valence-electron chi connectivity index (χ2n) is 6.50. The van der Waals surface area contributed by atoms with Gasteiger partial charge in [0.2, 0.25) is 0 Å². The van der Waals surface area contributed by atoms with E-state index in [9.17, 15) is 14.4 Å². The van der Waals surface area contributed by atoms with Gasteiger partial charge in [-0.25, -0.2) is 9.59 Å². The van der Waals surface area contributed by atoms with Crippen LogP contribution in [0.2, 0.25) is 0 Å². The summed E-state index contributed by atoms with van der Waals surface area (Å²) in [6.07, 6.45) is 1.65. The molecule has 1 aromatic carbocycles. The second kappa shape index (κ2) is 6.74. The van der Waals surface area contributed by atoms with E-state index in [1.807, 2.05) is 35.9 Å². The first-order valence-corrected chi connectivity index (χ1v) is 7.50. The van der Waals surface area contributed by atoms with Gasteiger partial charge in [-0.3, -0.25) is 10.1 Å². The predicted molar refractivity (Wildman–Crippen MR) is 89.6 cm³/mol. The highest BCUT2D eigenvalue weighted by Gasteiger charge is 2.18. The third-order valence-electron chi connectivity index (χ3n) is 3.19. The molecule has 0 saturated heterocycles. The monoisotopic (exact) mass is 331 g/mol. The quantitative estimate of drug-likeness (QED) is 0.841. The standard InChI is InChI=1S/C17H21N3O4/c1-17(2,3)19-16(23)18-14(21)10-24-15(22)12-9-20(4)13-8-6-5-7-11(12)13/h5-9H,10H2,1-4H3,(H2,18,19,21,23).